The zero-order chi connectivity index (χ0) is 18.1. The molecule has 0 unspecified atom stereocenters. The molecule has 25 heavy (non-hydrogen) atoms. The first-order chi connectivity index (χ1) is 11.8. The van der Waals surface area contributed by atoms with Crippen molar-refractivity contribution < 1.29 is 25.8 Å². The third-order valence-corrected chi connectivity index (χ3v) is 5.35. The molecule has 1 aliphatic rings. The van der Waals surface area contributed by atoms with Gasteiger partial charge in [0, 0.05) is 0 Å². The molecular weight excluding hydrogens is 353 g/mol. The van der Waals surface area contributed by atoms with E-state index in [1.165, 1.54) is 5.56 Å². The maximum Gasteiger partial charge on any atom is 0.523 e. The molecule has 134 valence electrons. The Balaban J connectivity index is 1.99. The summed E-state index contributed by atoms with van der Waals surface area (Å²) in [6.45, 7) is -0.618. The Morgan fingerprint density at radius 2 is 1.60 bits per heavy atom. The van der Waals surface area contributed by atoms with Crippen LogP contribution in [-0.4, -0.2) is 13.9 Å². The van der Waals surface area contributed by atoms with Gasteiger partial charge in [-0.2, -0.15) is 21.6 Å². The molecule has 7 heteroatoms. The van der Waals surface area contributed by atoms with Crippen molar-refractivity contribution in [1.29, 1.82) is 0 Å². The van der Waals surface area contributed by atoms with Gasteiger partial charge in [-0.3, -0.25) is 4.18 Å². The molecule has 0 radical (unpaired) electrons. The van der Waals surface area contributed by atoms with E-state index in [-0.39, 0.29) is 0 Å². The molecule has 0 saturated heterocycles. The molecular formula is C18H17F3O3S. The Hall–Kier alpha value is -1.86. The Kier molecular flexibility index (Phi) is 4.88. The van der Waals surface area contributed by atoms with E-state index in [1.54, 1.807) is 12.1 Å². The van der Waals surface area contributed by atoms with Gasteiger partial charge >= 0.3 is 15.6 Å². The average molecular weight is 370 g/mol. The number of fused-ring (bicyclic) bond motifs is 3. The number of benzene rings is 2. The van der Waals surface area contributed by atoms with Crippen LogP contribution in [0.3, 0.4) is 0 Å². The standard InChI is InChI=1S/C18H17F3O3S/c19-18(20,21)25(22,23)24-12-14-8-5-11-17-15-9-3-1-6-13(15)7-2-4-10-16(14)17/h1,3,5-6,8-9,11H,2,4,7,10,12H2. The fourth-order valence-corrected chi connectivity index (χ4v) is 3.56. The molecule has 0 N–H and O–H groups in total. The lowest BCUT2D eigenvalue weighted by Crippen LogP contribution is -2.25. The number of alkyl halides is 3. The van der Waals surface area contributed by atoms with Gasteiger partial charge in [-0.15, -0.1) is 0 Å². The number of halogens is 3. The van der Waals surface area contributed by atoms with Crippen molar-refractivity contribution in [2.75, 3.05) is 0 Å². The summed E-state index contributed by atoms with van der Waals surface area (Å²) >= 11 is 0. The maximum absolute atomic E-state index is 12.5. The van der Waals surface area contributed by atoms with Crippen molar-refractivity contribution in [2.24, 2.45) is 0 Å². The molecule has 0 atom stereocenters. The molecule has 0 amide bonds. The van der Waals surface area contributed by atoms with Gasteiger partial charge in [0.15, 0.2) is 0 Å². The van der Waals surface area contributed by atoms with Crippen molar-refractivity contribution in [2.45, 2.75) is 37.8 Å². The highest BCUT2D eigenvalue weighted by molar-refractivity contribution is 7.87. The Bertz CT molecular complexity index is 873. The van der Waals surface area contributed by atoms with E-state index < -0.39 is 22.2 Å². The molecule has 0 saturated carbocycles. The van der Waals surface area contributed by atoms with Crippen LogP contribution in [-0.2, 0) is 33.7 Å². The van der Waals surface area contributed by atoms with E-state index in [2.05, 4.69) is 4.18 Å². The monoisotopic (exact) mass is 370 g/mol. The van der Waals surface area contributed by atoms with Gasteiger partial charge in [0.05, 0.1) is 6.61 Å². The van der Waals surface area contributed by atoms with Crippen molar-refractivity contribution in [1.82, 2.24) is 0 Å². The second-order valence-electron chi connectivity index (χ2n) is 5.97. The molecule has 1 aliphatic carbocycles. The van der Waals surface area contributed by atoms with Crippen molar-refractivity contribution >= 4 is 10.1 Å². The van der Waals surface area contributed by atoms with Crippen LogP contribution in [0.15, 0.2) is 42.5 Å². The van der Waals surface area contributed by atoms with Crippen LogP contribution in [0.1, 0.15) is 29.5 Å². The Morgan fingerprint density at radius 3 is 2.36 bits per heavy atom. The molecule has 2 aromatic carbocycles. The zero-order valence-electron chi connectivity index (χ0n) is 13.3. The molecule has 3 nitrogen and oxygen atoms in total. The number of aryl methyl sites for hydroxylation is 1. The highest BCUT2D eigenvalue weighted by Gasteiger charge is 2.47. The number of hydrogen-bond acceptors (Lipinski definition) is 3. The second kappa shape index (κ2) is 6.80. The normalized spacial score (nSPS) is 15.0. The average Bonchev–Trinajstić information content (AvgIpc) is 2.54. The van der Waals surface area contributed by atoms with Crippen LogP contribution < -0.4 is 0 Å². The van der Waals surface area contributed by atoms with Gasteiger partial charge in [-0.05, 0) is 53.5 Å². The van der Waals surface area contributed by atoms with Gasteiger partial charge in [0.2, 0.25) is 0 Å². The second-order valence-corrected chi connectivity index (χ2v) is 7.58. The van der Waals surface area contributed by atoms with Gasteiger partial charge in [-0.25, -0.2) is 0 Å². The first-order valence-electron chi connectivity index (χ1n) is 7.94. The fourth-order valence-electron chi connectivity index (χ4n) is 3.14. The van der Waals surface area contributed by atoms with Crippen molar-refractivity contribution in [3.05, 3.63) is 59.2 Å². The van der Waals surface area contributed by atoms with Gasteiger partial charge < -0.3 is 0 Å². The molecule has 0 bridgehead atoms. The molecule has 3 rings (SSSR count). The van der Waals surface area contributed by atoms with E-state index in [4.69, 9.17) is 0 Å². The van der Waals surface area contributed by atoms with E-state index in [1.807, 2.05) is 30.3 Å². The van der Waals surface area contributed by atoms with Gasteiger partial charge in [-0.1, -0.05) is 42.5 Å². The van der Waals surface area contributed by atoms with Crippen molar-refractivity contribution in [3.8, 4) is 11.1 Å². The molecule has 0 fully saturated rings. The lowest BCUT2D eigenvalue weighted by atomic mass is 9.86. The summed E-state index contributed by atoms with van der Waals surface area (Å²) in [7, 11) is -5.60. The Labute approximate surface area is 144 Å². The first kappa shape index (κ1) is 17.9. The third-order valence-electron chi connectivity index (χ3n) is 4.36. The maximum atomic E-state index is 12.5. The summed E-state index contributed by atoms with van der Waals surface area (Å²) in [5, 5.41) is 0. The number of hydrogen-bond donors (Lipinski definition) is 0. The highest BCUT2D eigenvalue weighted by atomic mass is 32.2. The molecule has 0 aromatic heterocycles. The first-order valence-corrected chi connectivity index (χ1v) is 9.35. The summed E-state index contributed by atoms with van der Waals surface area (Å²) in [6.07, 6.45) is 3.46. The minimum absolute atomic E-state index is 0.474. The Morgan fingerprint density at radius 1 is 0.920 bits per heavy atom. The summed E-state index contributed by atoms with van der Waals surface area (Å²) in [5.74, 6) is 0. The van der Waals surface area contributed by atoms with Crippen molar-refractivity contribution in [3.63, 3.8) is 0 Å². The predicted molar refractivity (Wildman–Crippen MR) is 88.3 cm³/mol. The minimum atomic E-state index is -5.60. The highest BCUT2D eigenvalue weighted by Crippen LogP contribution is 2.34. The molecule has 0 heterocycles. The zero-order valence-corrected chi connectivity index (χ0v) is 14.2. The minimum Gasteiger partial charge on any atom is -0.258 e. The van der Waals surface area contributed by atoms with Crippen LogP contribution in [0, 0.1) is 0 Å². The van der Waals surface area contributed by atoms with Crippen LogP contribution >= 0.6 is 0 Å². The quantitative estimate of drug-likeness (QED) is 0.586. The fraction of sp³-hybridized carbons (Fsp3) is 0.333. The van der Waals surface area contributed by atoms with E-state index in [9.17, 15) is 21.6 Å². The number of rotatable bonds is 3. The summed E-state index contributed by atoms with van der Waals surface area (Å²) in [4.78, 5) is 0. The third kappa shape index (κ3) is 3.72. The lowest BCUT2D eigenvalue weighted by molar-refractivity contribution is -0.0548. The molecule has 0 aliphatic heterocycles. The summed E-state index contributed by atoms with van der Waals surface area (Å²) < 4.78 is 64.0. The summed E-state index contributed by atoms with van der Waals surface area (Å²) in [5.41, 5.74) is -0.931. The van der Waals surface area contributed by atoms with Crippen LogP contribution in [0.25, 0.3) is 11.1 Å². The largest absolute Gasteiger partial charge is 0.523 e. The molecule has 2 aromatic rings. The predicted octanol–water partition coefficient (Wildman–Crippen LogP) is 4.60. The van der Waals surface area contributed by atoms with Crippen LogP contribution in [0.2, 0.25) is 0 Å². The van der Waals surface area contributed by atoms with E-state index in [0.29, 0.717) is 12.0 Å². The van der Waals surface area contributed by atoms with E-state index >= 15 is 0 Å². The van der Waals surface area contributed by atoms with Gasteiger partial charge in [0.1, 0.15) is 0 Å². The van der Waals surface area contributed by atoms with Crippen LogP contribution in [0.4, 0.5) is 13.2 Å². The summed E-state index contributed by atoms with van der Waals surface area (Å²) in [6, 6.07) is 13.2. The van der Waals surface area contributed by atoms with E-state index in [0.717, 1.165) is 36.0 Å². The topological polar surface area (TPSA) is 43.4 Å². The lowest BCUT2D eigenvalue weighted by Gasteiger charge is -2.20. The molecule has 0 spiro atoms. The van der Waals surface area contributed by atoms with Gasteiger partial charge in [0.25, 0.3) is 0 Å². The van der Waals surface area contributed by atoms with Crippen LogP contribution in [0.5, 0.6) is 0 Å². The SMILES string of the molecule is O=S(=O)(OCc1cccc2c1CCCCc1ccccc1-2)C(F)(F)F. The smallest absolute Gasteiger partial charge is 0.258 e.